The number of halogens is 6. The highest BCUT2D eigenvalue weighted by atomic mass is 36.0. The summed E-state index contributed by atoms with van der Waals surface area (Å²) >= 11 is 22.8. The van der Waals surface area contributed by atoms with Crippen LogP contribution >= 0.6 is 67.8 Å². The molecule has 0 bridgehead atoms. The number of benzene rings is 2. The summed E-state index contributed by atoms with van der Waals surface area (Å²) in [5.41, 5.74) is 15.3. The number of ketones is 1. The van der Waals surface area contributed by atoms with E-state index in [9.17, 15) is 9.59 Å². The van der Waals surface area contributed by atoms with Crippen molar-refractivity contribution >= 4 is 100 Å². The lowest BCUT2D eigenvalue weighted by atomic mass is 9.87. The lowest BCUT2D eigenvalue weighted by Gasteiger charge is -2.15. The van der Waals surface area contributed by atoms with E-state index in [-0.39, 0.29) is 49.8 Å². The van der Waals surface area contributed by atoms with Crippen LogP contribution in [0.2, 0.25) is 20.1 Å². The quantitative estimate of drug-likeness (QED) is 0.146. The monoisotopic (exact) mass is 677 g/mol. The van der Waals surface area contributed by atoms with Crippen molar-refractivity contribution in [1.82, 2.24) is 0 Å². The van der Waals surface area contributed by atoms with Gasteiger partial charge in [-0.3, -0.25) is 4.79 Å². The van der Waals surface area contributed by atoms with E-state index < -0.39 is 26.1 Å². The Labute approximate surface area is 258 Å². The van der Waals surface area contributed by atoms with Crippen molar-refractivity contribution < 1.29 is 18.9 Å². The van der Waals surface area contributed by atoms with Crippen LogP contribution in [0.3, 0.4) is 0 Å². The van der Waals surface area contributed by atoms with Gasteiger partial charge in [-0.15, -0.1) is 0 Å². The summed E-state index contributed by atoms with van der Waals surface area (Å²) in [5, 5.41) is 26.5. The average Bonchev–Trinajstić information content (AvgIpc) is 2.78. The number of anilines is 2. The van der Waals surface area contributed by atoms with Gasteiger partial charge in [0.2, 0.25) is 9.23 Å². The Morgan fingerprint density at radius 1 is 0.872 bits per heavy atom. The van der Waals surface area contributed by atoms with Gasteiger partial charge in [-0.25, -0.2) is 9.00 Å². The first-order chi connectivity index (χ1) is 17.6. The van der Waals surface area contributed by atoms with Crippen LogP contribution < -0.4 is 17.2 Å². The lowest BCUT2D eigenvalue weighted by molar-refractivity contribution is 0.0697. The Morgan fingerprint density at radius 2 is 1.21 bits per heavy atom. The average molecular weight is 680 g/mol. The molecular weight excluding hydrogens is 655 g/mol. The SMILES string of the molecule is CC(C)(C#N)CC(=O)c1cc(Cl)cc(Cl)c1N.CC(C)(N)C#N.Nc1c(Cl)cc(Cl)cc1C(=O)O.O=S(Cl)Cl. The number of carboxylic acid groups (broad SMARTS) is 1. The van der Waals surface area contributed by atoms with Crippen molar-refractivity contribution in [3.63, 3.8) is 0 Å². The van der Waals surface area contributed by atoms with Crippen LogP contribution in [0.15, 0.2) is 24.3 Å². The van der Waals surface area contributed by atoms with Gasteiger partial charge >= 0.3 is 5.97 Å². The third kappa shape index (κ3) is 17.3. The summed E-state index contributed by atoms with van der Waals surface area (Å²) < 4.78 is 9.09. The number of hydrogen-bond acceptors (Lipinski definition) is 8. The molecule has 0 aliphatic carbocycles. The van der Waals surface area contributed by atoms with E-state index in [0.29, 0.717) is 5.02 Å². The molecule has 39 heavy (non-hydrogen) atoms. The number of carboxylic acids is 1. The molecule has 2 aromatic carbocycles. The van der Waals surface area contributed by atoms with E-state index in [2.05, 4.69) is 27.4 Å². The van der Waals surface area contributed by atoms with E-state index in [0.717, 1.165) is 0 Å². The molecule has 7 N–H and O–H groups in total. The van der Waals surface area contributed by atoms with E-state index in [1.165, 1.54) is 24.3 Å². The number of aromatic carboxylic acids is 1. The Balaban J connectivity index is 0. The number of carbonyl (C=O) groups is 2. The Kier molecular flexibility index (Phi) is 17.7. The number of hydrogen-bond donors (Lipinski definition) is 4. The maximum atomic E-state index is 12.0. The first-order valence-corrected chi connectivity index (χ1v) is 14.5. The molecule has 0 radical (unpaired) electrons. The van der Waals surface area contributed by atoms with Crippen molar-refractivity contribution in [2.75, 3.05) is 11.5 Å². The van der Waals surface area contributed by atoms with Crippen molar-refractivity contribution in [1.29, 1.82) is 10.5 Å². The molecule has 0 aliphatic rings. The molecule has 0 aromatic heterocycles. The smallest absolute Gasteiger partial charge is 0.337 e. The summed E-state index contributed by atoms with van der Waals surface area (Å²) in [4.78, 5) is 22.5. The topological polar surface area (TPSA) is 197 Å². The van der Waals surface area contributed by atoms with Gasteiger partial charge in [0.1, 0.15) is 0 Å². The Hall–Kier alpha value is -1.99. The highest BCUT2D eigenvalue weighted by Gasteiger charge is 2.24. The minimum Gasteiger partial charge on any atom is -0.478 e. The molecule has 0 fully saturated rings. The van der Waals surface area contributed by atoms with E-state index >= 15 is 0 Å². The molecule has 0 saturated carbocycles. The Bertz CT molecular complexity index is 1280. The minimum atomic E-state index is -1.67. The van der Waals surface area contributed by atoms with Crippen LogP contribution in [0.25, 0.3) is 0 Å². The number of nitrogen functional groups attached to an aromatic ring is 2. The highest BCUT2D eigenvalue weighted by molar-refractivity contribution is 8.26. The molecule has 0 atom stereocenters. The molecule has 0 saturated heterocycles. The first-order valence-electron chi connectivity index (χ1n) is 10.2. The zero-order valence-corrected chi connectivity index (χ0v) is 26.3. The van der Waals surface area contributed by atoms with Crippen LogP contribution in [-0.2, 0) is 9.23 Å². The van der Waals surface area contributed by atoms with Gasteiger partial charge in [0.25, 0.3) is 0 Å². The van der Waals surface area contributed by atoms with Crippen LogP contribution in [0.5, 0.6) is 0 Å². The van der Waals surface area contributed by atoms with Crippen molar-refractivity contribution in [3.05, 3.63) is 55.5 Å². The number of Topliss-reactive ketones (excluding diaryl/α,β-unsaturated/α-hetero) is 1. The van der Waals surface area contributed by atoms with Gasteiger partial charge in [-0.2, -0.15) is 10.5 Å². The van der Waals surface area contributed by atoms with Crippen molar-refractivity contribution in [2.45, 2.75) is 39.7 Å². The molecule has 214 valence electrons. The summed E-state index contributed by atoms with van der Waals surface area (Å²) in [6.07, 6.45) is 0.0738. The number of nitrogens with two attached hydrogens (primary N) is 3. The first kappa shape index (κ1) is 39.2. The molecular formula is C23H25Cl6N5O4S. The summed E-state index contributed by atoms with van der Waals surface area (Å²) in [6, 6.07) is 9.54. The summed E-state index contributed by atoms with van der Waals surface area (Å²) in [7, 11) is 7.36. The van der Waals surface area contributed by atoms with Gasteiger partial charge in [-0.05, 0) is 52.0 Å². The standard InChI is InChI=1S/C12H12Cl2N2O.C7H5Cl2NO2.C4H8N2.Cl2OS/c1-12(2,6-15)5-10(17)8-3-7(13)4-9(14)11(8)16;8-3-1-4(7(11)12)6(10)5(9)2-3;1-4(2,6)3-5;1-4(2)3/h3-4H,5,16H2,1-2H3;1-2H,10H2,(H,11,12);6H2,1-2H3;. The predicted molar refractivity (Wildman–Crippen MR) is 161 cm³/mol. The third-order valence-electron chi connectivity index (χ3n) is 3.91. The van der Waals surface area contributed by atoms with Gasteiger partial charge in [0, 0.05) is 43.4 Å². The zero-order valence-electron chi connectivity index (χ0n) is 21.0. The number of rotatable bonds is 4. The molecule has 0 aliphatic heterocycles. The van der Waals surface area contributed by atoms with E-state index in [1.54, 1.807) is 27.7 Å². The fourth-order valence-corrected chi connectivity index (χ4v) is 3.10. The van der Waals surface area contributed by atoms with Gasteiger partial charge in [0.05, 0.1) is 50.1 Å². The molecule has 0 unspecified atom stereocenters. The molecule has 0 heterocycles. The predicted octanol–water partition coefficient (Wildman–Crippen LogP) is 7.26. The lowest BCUT2D eigenvalue weighted by Crippen LogP contribution is -2.28. The van der Waals surface area contributed by atoms with Crippen molar-refractivity contribution in [3.8, 4) is 12.1 Å². The fraction of sp³-hybridized carbons (Fsp3) is 0.304. The second kappa shape index (κ2) is 17.6. The molecule has 0 amide bonds. The maximum Gasteiger partial charge on any atom is 0.337 e. The van der Waals surface area contributed by atoms with Gasteiger partial charge < -0.3 is 22.3 Å². The largest absolute Gasteiger partial charge is 0.478 e. The molecule has 9 nitrogen and oxygen atoms in total. The third-order valence-corrected chi connectivity index (χ3v) is 4.97. The molecule has 2 rings (SSSR count). The van der Waals surface area contributed by atoms with Crippen LogP contribution in [0, 0.1) is 28.1 Å². The minimum absolute atomic E-state index is 0.0357. The van der Waals surface area contributed by atoms with Crippen LogP contribution in [0.1, 0.15) is 54.8 Å². The van der Waals surface area contributed by atoms with E-state index in [1.807, 2.05) is 6.07 Å². The highest BCUT2D eigenvalue weighted by Crippen LogP contribution is 2.31. The van der Waals surface area contributed by atoms with E-state index in [4.69, 9.17) is 83.4 Å². The van der Waals surface area contributed by atoms with Crippen molar-refractivity contribution in [2.24, 2.45) is 11.1 Å². The number of carbonyl (C=O) groups excluding carboxylic acids is 1. The van der Waals surface area contributed by atoms with Crippen LogP contribution in [0.4, 0.5) is 11.4 Å². The summed E-state index contributed by atoms with van der Waals surface area (Å²) in [5.74, 6) is -1.38. The maximum absolute atomic E-state index is 12.0. The van der Waals surface area contributed by atoms with Gasteiger partial charge in [-0.1, -0.05) is 46.4 Å². The second-order valence-electron chi connectivity index (χ2n) is 8.62. The summed E-state index contributed by atoms with van der Waals surface area (Å²) in [6.45, 7) is 6.69. The molecule has 2 aromatic rings. The zero-order chi connectivity index (χ0) is 31.3. The second-order valence-corrected chi connectivity index (χ2v) is 12.8. The molecule has 16 heteroatoms. The fourth-order valence-electron chi connectivity index (χ4n) is 2.11. The van der Waals surface area contributed by atoms with Gasteiger partial charge in [0.15, 0.2) is 5.78 Å². The molecule has 0 spiro atoms. The normalized spacial score (nSPS) is 10.3. The Morgan fingerprint density at radius 3 is 1.51 bits per heavy atom. The number of nitriles is 2. The van der Waals surface area contributed by atoms with Crippen LogP contribution in [-0.4, -0.2) is 26.6 Å². The number of nitrogens with zero attached hydrogens (tertiary/aromatic N) is 2.